The standard InChI is InChI=1S/C47H82NO10P/c1-3-5-7-9-11-12-13-14-15-16-17-18-19-20-21-22-23-25-31-37-47(52)58-45(42-57-59(53,54)56-40-39-48)41-55-46(51)38-32-36-44(50)35-30-27-26-29-34-43(49)33-28-24-10-8-6-4-2/h11-12,14-15,24,26-30,34-35,43-45,49-50H,3-10,13,16-23,25,31-33,36-42,48H2,1-2H3,(H,53,54)/b12-11-,15-14-,27-26+,28-24-,34-29+,35-30-/t43-,44-,45-/m1/s1. The molecule has 59 heavy (non-hydrogen) atoms. The van der Waals surface area contributed by atoms with Crippen molar-refractivity contribution >= 4 is 19.8 Å². The van der Waals surface area contributed by atoms with Gasteiger partial charge in [0, 0.05) is 19.4 Å². The second-order valence-electron chi connectivity index (χ2n) is 15.0. The molecule has 4 atom stereocenters. The van der Waals surface area contributed by atoms with E-state index in [1.807, 2.05) is 6.08 Å². The minimum Gasteiger partial charge on any atom is -0.462 e. The molecule has 0 spiro atoms. The lowest BCUT2D eigenvalue weighted by Gasteiger charge is -2.20. The first-order valence-electron chi connectivity index (χ1n) is 22.6. The van der Waals surface area contributed by atoms with E-state index in [0.29, 0.717) is 25.7 Å². The van der Waals surface area contributed by atoms with E-state index in [1.54, 1.807) is 36.5 Å². The summed E-state index contributed by atoms with van der Waals surface area (Å²) in [6.07, 6.45) is 44.1. The summed E-state index contributed by atoms with van der Waals surface area (Å²) in [5.74, 6) is -1.08. The van der Waals surface area contributed by atoms with E-state index < -0.39 is 44.7 Å². The molecular weight excluding hydrogens is 769 g/mol. The number of carbonyl (C=O) groups is 2. The highest BCUT2D eigenvalue weighted by molar-refractivity contribution is 7.47. The van der Waals surface area contributed by atoms with Crippen LogP contribution in [0.4, 0.5) is 0 Å². The molecule has 0 saturated heterocycles. The molecule has 0 amide bonds. The number of hydrogen-bond donors (Lipinski definition) is 4. The Morgan fingerprint density at radius 2 is 1.14 bits per heavy atom. The summed E-state index contributed by atoms with van der Waals surface area (Å²) in [6, 6.07) is 0. The fourth-order valence-electron chi connectivity index (χ4n) is 5.80. The zero-order valence-corrected chi connectivity index (χ0v) is 37.6. The molecule has 0 aliphatic carbocycles. The second-order valence-corrected chi connectivity index (χ2v) is 16.4. The van der Waals surface area contributed by atoms with Gasteiger partial charge < -0.3 is 30.3 Å². The lowest BCUT2D eigenvalue weighted by Crippen LogP contribution is -2.29. The van der Waals surface area contributed by atoms with Crippen molar-refractivity contribution in [3.05, 3.63) is 72.9 Å². The molecule has 0 aromatic rings. The average Bonchev–Trinajstić information content (AvgIpc) is 3.21. The highest BCUT2D eigenvalue weighted by Crippen LogP contribution is 2.43. The summed E-state index contributed by atoms with van der Waals surface area (Å²) in [6.45, 7) is 3.35. The smallest absolute Gasteiger partial charge is 0.462 e. The van der Waals surface area contributed by atoms with Crippen LogP contribution in [0, 0.1) is 0 Å². The summed E-state index contributed by atoms with van der Waals surface area (Å²) in [4.78, 5) is 34.9. The van der Waals surface area contributed by atoms with Crippen LogP contribution in [0.3, 0.4) is 0 Å². The van der Waals surface area contributed by atoms with Crippen molar-refractivity contribution in [3.8, 4) is 0 Å². The van der Waals surface area contributed by atoms with Gasteiger partial charge >= 0.3 is 19.8 Å². The van der Waals surface area contributed by atoms with Gasteiger partial charge in [-0.25, -0.2) is 4.57 Å². The number of rotatable bonds is 41. The van der Waals surface area contributed by atoms with Gasteiger partial charge in [0.15, 0.2) is 6.10 Å². The van der Waals surface area contributed by atoms with Crippen LogP contribution in [-0.4, -0.2) is 71.7 Å². The number of phosphoric ester groups is 1. The number of phosphoric acid groups is 1. The van der Waals surface area contributed by atoms with Crippen LogP contribution in [0.15, 0.2) is 72.9 Å². The summed E-state index contributed by atoms with van der Waals surface area (Å²) in [5, 5.41) is 20.3. The van der Waals surface area contributed by atoms with Crippen molar-refractivity contribution in [2.45, 2.75) is 186 Å². The first-order chi connectivity index (χ1) is 28.6. The zero-order chi connectivity index (χ0) is 43.5. The molecule has 0 radical (unpaired) electrons. The minimum absolute atomic E-state index is 0.0145. The number of allylic oxidation sites excluding steroid dienone is 9. The van der Waals surface area contributed by atoms with Crippen LogP contribution >= 0.6 is 7.82 Å². The predicted octanol–water partition coefficient (Wildman–Crippen LogP) is 11.0. The topological polar surface area (TPSA) is 175 Å². The Kier molecular flexibility index (Phi) is 40.2. The maximum absolute atomic E-state index is 12.6. The van der Waals surface area contributed by atoms with Crippen LogP contribution < -0.4 is 5.73 Å². The zero-order valence-electron chi connectivity index (χ0n) is 36.7. The first-order valence-corrected chi connectivity index (χ1v) is 24.1. The van der Waals surface area contributed by atoms with E-state index in [0.717, 1.165) is 38.5 Å². The Morgan fingerprint density at radius 1 is 0.610 bits per heavy atom. The van der Waals surface area contributed by atoms with Crippen molar-refractivity contribution in [2.75, 3.05) is 26.4 Å². The monoisotopic (exact) mass is 852 g/mol. The van der Waals surface area contributed by atoms with Crippen LogP contribution in [0.1, 0.15) is 168 Å². The molecule has 0 heterocycles. The average molecular weight is 852 g/mol. The minimum atomic E-state index is -4.44. The van der Waals surface area contributed by atoms with E-state index >= 15 is 0 Å². The number of carbonyl (C=O) groups excluding carboxylic acids is 2. The fraction of sp³-hybridized carbons (Fsp3) is 0.702. The molecule has 0 aromatic carbocycles. The lowest BCUT2D eigenvalue weighted by atomic mass is 10.1. The van der Waals surface area contributed by atoms with Gasteiger partial charge in [-0.05, 0) is 70.6 Å². The van der Waals surface area contributed by atoms with Crippen molar-refractivity contribution in [2.24, 2.45) is 5.73 Å². The Bertz CT molecular complexity index is 1230. The molecule has 0 rings (SSSR count). The van der Waals surface area contributed by atoms with Gasteiger partial charge in [-0.3, -0.25) is 18.6 Å². The molecule has 0 aliphatic rings. The molecule has 0 saturated carbocycles. The maximum atomic E-state index is 12.6. The first kappa shape index (κ1) is 56.4. The lowest BCUT2D eigenvalue weighted by molar-refractivity contribution is -0.161. The van der Waals surface area contributed by atoms with Gasteiger partial charge in [-0.2, -0.15) is 0 Å². The molecule has 1 unspecified atom stereocenters. The van der Waals surface area contributed by atoms with Crippen LogP contribution in [0.5, 0.6) is 0 Å². The fourth-order valence-corrected chi connectivity index (χ4v) is 6.56. The number of ether oxygens (including phenoxy) is 2. The summed E-state index contributed by atoms with van der Waals surface area (Å²) < 4.78 is 32.6. The van der Waals surface area contributed by atoms with E-state index in [1.165, 1.54) is 77.0 Å². The van der Waals surface area contributed by atoms with Crippen molar-refractivity contribution < 1.29 is 47.8 Å². The molecule has 0 aliphatic heterocycles. The molecule has 5 N–H and O–H groups in total. The van der Waals surface area contributed by atoms with Gasteiger partial charge in [-0.1, -0.05) is 157 Å². The summed E-state index contributed by atoms with van der Waals surface area (Å²) in [7, 11) is -4.44. The predicted molar refractivity (Wildman–Crippen MR) is 241 cm³/mol. The summed E-state index contributed by atoms with van der Waals surface area (Å²) in [5.41, 5.74) is 5.34. The normalized spacial score (nSPS) is 15.0. The molecule has 12 heteroatoms. The van der Waals surface area contributed by atoms with Gasteiger partial charge in [0.2, 0.25) is 0 Å². The van der Waals surface area contributed by atoms with Crippen molar-refractivity contribution in [1.82, 2.24) is 0 Å². The third kappa shape index (κ3) is 41.9. The highest BCUT2D eigenvalue weighted by Gasteiger charge is 2.26. The summed E-state index contributed by atoms with van der Waals surface area (Å²) >= 11 is 0. The van der Waals surface area contributed by atoms with Gasteiger partial charge in [0.05, 0.1) is 25.4 Å². The molecule has 0 aromatic heterocycles. The Labute approximate surface area is 357 Å². The van der Waals surface area contributed by atoms with Crippen LogP contribution in [0.2, 0.25) is 0 Å². The van der Waals surface area contributed by atoms with E-state index in [9.17, 15) is 29.3 Å². The molecule has 340 valence electrons. The Balaban J connectivity index is 4.38. The number of esters is 2. The van der Waals surface area contributed by atoms with Crippen LogP contribution in [-0.2, 0) is 32.7 Å². The van der Waals surface area contributed by atoms with Gasteiger partial charge in [-0.15, -0.1) is 0 Å². The molecule has 11 nitrogen and oxygen atoms in total. The van der Waals surface area contributed by atoms with E-state index in [-0.39, 0.29) is 32.6 Å². The van der Waals surface area contributed by atoms with Crippen molar-refractivity contribution in [3.63, 3.8) is 0 Å². The highest BCUT2D eigenvalue weighted by atomic mass is 31.2. The maximum Gasteiger partial charge on any atom is 0.472 e. The van der Waals surface area contributed by atoms with Gasteiger partial charge in [0.1, 0.15) is 6.61 Å². The van der Waals surface area contributed by atoms with E-state index in [2.05, 4.69) is 44.2 Å². The number of aliphatic hydroxyl groups excluding tert-OH is 2. The van der Waals surface area contributed by atoms with E-state index in [4.69, 9.17) is 24.3 Å². The number of hydrogen-bond acceptors (Lipinski definition) is 10. The van der Waals surface area contributed by atoms with Crippen LogP contribution in [0.25, 0.3) is 0 Å². The SMILES string of the molecule is CCCCC/C=C\C/C=C\CCCCCCCCCCCC(=O)O[C@H](COC(=O)CCC[C@H](O)\C=C/C=C/C=C/[C@H](O)C/C=C\CCCCC)COP(=O)(O)OCCN. The quantitative estimate of drug-likeness (QED) is 0.0151. The number of unbranched alkanes of at least 4 members (excludes halogenated alkanes) is 15. The largest absolute Gasteiger partial charge is 0.472 e. The molecular formula is C47H82NO10P. The third-order valence-corrected chi connectivity index (χ3v) is 10.2. The Morgan fingerprint density at radius 3 is 1.73 bits per heavy atom. The van der Waals surface area contributed by atoms with Gasteiger partial charge in [0.25, 0.3) is 0 Å². The number of nitrogens with two attached hydrogens (primary N) is 1. The Hall–Kier alpha value is -2.63. The number of aliphatic hydroxyl groups is 2. The molecule has 0 bridgehead atoms. The van der Waals surface area contributed by atoms with Crippen molar-refractivity contribution in [1.29, 1.82) is 0 Å². The third-order valence-electron chi connectivity index (χ3n) is 9.25. The second kappa shape index (κ2) is 42.1. The molecule has 0 fully saturated rings.